The van der Waals surface area contributed by atoms with Crippen LogP contribution in [0, 0.1) is 41.5 Å². The van der Waals surface area contributed by atoms with Crippen molar-refractivity contribution in [2.24, 2.45) is 5.73 Å². The van der Waals surface area contributed by atoms with Crippen LogP contribution in [-0.2, 0) is 6.54 Å². The zero-order valence-electron chi connectivity index (χ0n) is 16.1. The van der Waals surface area contributed by atoms with Crippen LogP contribution < -0.4 is 10.3 Å². The summed E-state index contributed by atoms with van der Waals surface area (Å²) in [5.74, 6) is 0. The van der Waals surface area contributed by atoms with Crippen LogP contribution in [0.15, 0.2) is 36.9 Å². The molecule has 2 aromatic carbocycles. The van der Waals surface area contributed by atoms with Gasteiger partial charge in [-0.25, -0.2) is 9.13 Å². The maximum absolute atomic E-state index is 5.98. The molecule has 0 unspecified atom stereocenters. The minimum atomic E-state index is 0.572. The van der Waals surface area contributed by atoms with Crippen molar-refractivity contribution in [2.45, 2.75) is 48.1 Å². The third kappa shape index (κ3) is 3.00. The van der Waals surface area contributed by atoms with E-state index in [0.29, 0.717) is 6.54 Å². The van der Waals surface area contributed by atoms with Gasteiger partial charge in [0.15, 0.2) is 0 Å². The van der Waals surface area contributed by atoms with E-state index in [1.54, 1.807) is 0 Å². The Hall–Kier alpha value is -2.39. The van der Waals surface area contributed by atoms with Crippen molar-refractivity contribution in [3.8, 4) is 11.4 Å². The molecule has 0 fully saturated rings. The quantitative estimate of drug-likeness (QED) is 0.720. The first-order chi connectivity index (χ1) is 11.8. The highest BCUT2D eigenvalue weighted by atomic mass is 15.1. The van der Waals surface area contributed by atoms with Gasteiger partial charge in [-0.3, -0.25) is 0 Å². The number of imidazole rings is 1. The summed E-state index contributed by atoms with van der Waals surface area (Å²) in [7, 11) is 0. The Kier molecular flexibility index (Phi) is 4.53. The number of hydrogen-bond acceptors (Lipinski definition) is 1. The average Bonchev–Trinajstić information content (AvgIpc) is 2.95. The first-order valence-corrected chi connectivity index (χ1v) is 8.81. The van der Waals surface area contributed by atoms with Gasteiger partial charge < -0.3 is 5.73 Å². The van der Waals surface area contributed by atoms with Gasteiger partial charge in [-0.2, -0.15) is 0 Å². The lowest BCUT2D eigenvalue weighted by Crippen LogP contribution is -2.30. The smallest absolute Gasteiger partial charge is 0.254 e. The lowest BCUT2D eigenvalue weighted by molar-refractivity contribution is -0.595. The van der Waals surface area contributed by atoms with E-state index >= 15 is 0 Å². The van der Waals surface area contributed by atoms with Crippen LogP contribution in [0.2, 0.25) is 0 Å². The lowest BCUT2D eigenvalue weighted by Gasteiger charge is -2.13. The third-order valence-electron chi connectivity index (χ3n) is 5.08. The highest BCUT2D eigenvalue weighted by Crippen LogP contribution is 2.25. The number of rotatable bonds is 3. The van der Waals surface area contributed by atoms with Gasteiger partial charge in [0.1, 0.15) is 23.8 Å². The fraction of sp³-hybridized carbons (Fsp3) is 0.318. The van der Waals surface area contributed by atoms with Gasteiger partial charge >= 0.3 is 0 Å². The summed E-state index contributed by atoms with van der Waals surface area (Å²) in [6.45, 7) is 13.5. The summed E-state index contributed by atoms with van der Waals surface area (Å²) < 4.78 is 4.42. The molecule has 3 rings (SSSR count). The van der Waals surface area contributed by atoms with Crippen LogP contribution in [0.5, 0.6) is 0 Å². The standard InChI is InChI=1S/C22H28N3/c1-14-9-16(3)21(17(4)10-14)24-7-8-25(13-24)22-18(5)11-15(2)20(12-23)19(22)6/h7-11,13H,12,23H2,1-6H3/q+1. The molecule has 0 saturated carbocycles. The normalized spacial score (nSPS) is 11.2. The molecule has 0 spiro atoms. The van der Waals surface area contributed by atoms with Gasteiger partial charge in [-0.1, -0.05) is 23.8 Å². The van der Waals surface area contributed by atoms with Crippen LogP contribution in [0.3, 0.4) is 0 Å². The second-order valence-electron chi connectivity index (χ2n) is 7.14. The predicted octanol–water partition coefficient (Wildman–Crippen LogP) is 4.06. The minimum Gasteiger partial charge on any atom is -0.326 e. The number of aryl methyl sites for hydroxylation is 5. The Morgan fingerprint density at radius 2 is 1.52 bits per heavy atom. The average molecular weight is 334 g/mol. The third-order valence-corrected chi connectivity index (χ3v) is 5.08. The molecule has 0 aliphatic rings. The van der Waals surface area contributed by atoms with E-state index in [1.165, 1.54) is 50.3 Å². The molecule has 130 valence electrons. The minimum absolute atomic E-state index is 0.572. The number of nitrogens with two attached hydrogens (primary N) is 1. The van der Waals surface area contributed by atoms with Crippen LogP contribution in [0.4, 0.5) is 0 Å². The first kappa shape index (κ1) is 17.4. The van der Waals surface area contributed by atoms with Crippen LogP contribution >= 0.6 is 0 Å². The van der Waals surface area contributed by atoms with Crippen LogP contribution in [-0.4, -0.2) is 4.57 Å². The zero-order valence-corrected chi connectivity index (χ0v) is 16.1. The number of aromatic nitrogens is 2. The summed E-state index contributed by atoms with van der Waals surface area (Å²) in [6, 6.07) is 6.71. The number of nitrogens with zero attached hydrogens (tertiary/aromatic N) is 2. The molecular weight excluding hydrogens is 306 g/mol. The molecule has 2 N–H and O–H groups in total. The Labute approximate surface area is 150 Å². The summed E-state index contributed by atoms with van der Waals surface area (Å²) in [6.07, 6.45) is 6.42. The van der Waals surface area contributed by atoms with E-state index in [0.717, 1.165) is 0 Å². The molecule has 0 amide bonds. The van der Waals surface area contributed by atoms with Crippen molar-refractivity contribution in [2.75, 3.05) is 0 Å². The van der Waals surface area contributed by atoms with Crippen LogP contribution in [0.1, 0.15) is 38.9 Å². The maximum atomic E-state index is 5.98. The van der Waals surface area contributed by atoms with Gasteiger partial charge in [-0.15, -0.1) is 0 Å². The molecular formula is C22H28N3+. The SMILES string of the molecule is Cc1cc(C)c(-[n+]2ccn(-c3c(C)cc(C)c(CN)c3C)c2)c(C)c1. The van der Waals surface area contributed by atoms with Crippen molar-refractivity contribution in [1.82, 2.24) is 4.57 Å². The van der Waals surface area contributed by atoms with E-state index in [1.807, 2.05) is 0 Å². The van der Waals surface area contributed by atoms with E-state index in [2.05, 4.69) is 87.6 Å². The molecule has 25 heavy (non-hydrogen) atoms. The van der Waals surface area contributed by atoms with Crippen molar-refractivity contribution in [3.63, 3.8) is 0 Å². The summed E-state index contributed by atoms with van der Waals surface area (Å²) in [4.78, 5) is 0. The van der Waals surface area contributed by atoms with Gasteiger partial charge in [-0.05, 0) is 69.4 Å². The molecule has 3 heteroatoms. The highest BCUT2D eigenvalue weighted by molar-refractivity contribution is 5.54. The fourth-order valence-corrected chi connectivity index (χ4v) is 4.12. The molecule has 1 aromatic heterocycles. The van der Waals surface area contributed by atoms with Gasteiger partial charge in [0.05, 0.1) is 0 Å². The van der Waals surface area contributed by atoms with E-state index in [-0.39, 0.29) is 0 Å². The Bertz CT molecular complexity index is 925. The molecule has 0 saturated heterocycles. The highest BCUT2D eigenvalue weighted by Gasteiger charge is 2.18. The van der Waals surface area contributed by atoms with E-state index < -0.39 is 0 Å². The van der Waals surface area contributed by atoms with Crippen molar-refractivity contribution >= 4 is 0 Å². The van der Waals surface area contributed by atoms with E-state index in [9.17, 15) is 0 Å². The summed E-state index contributed by atoms with van der Waals surface area (Å²) >= 11 is 0. The molecule has 0 atom stereocenters. The molecule has 3 aromatic rings. The predicted molar refractivity (Wildman–Crippen MR) is 104 cm³/mol. The van der Waals surface area contributed by atoms with Crippen molar-refractivity contribution in [1.29, 1.82) is 0 Å². The van der Waals surface area contributed by atoms with Gasteiger partial charge in [0.25, 0.3) is 6.33 Å². The van der Waals surface area contributed by atoms with Crippen molar-refractivity contribution in [3.05, 3.63) is 75.9 Å². The second-order valence-corrected chi connectivity index (χ2v) is 7.14. The Morgan fingerprint density at radius 1 is 0.880 bits per heavy atom. The van der Waals surface area contributed by atoms with Crippen LogP contribution in [0.25, 0.3) is 11.4 Å². The Morgan fingerprint density at radius 3 is 2.12 bits per heavy atom. The van der Waals surface area contributed by atoms with Crippen molar-refractivity contribution < 1.29 is 4.57 Å². The largest absolute Gasteiger partial charge is 0.326 e. The zero-order chi connectivity index (χ0) is 18.3. The summed E-state index contributed by atoms with van der Waals surface area (Å²) in [5, 5.41) is 0. The number of hydrogen-bond donors (Lipinski definition) is 1. The number of benzene rings is 2. The lowest BCUT2D eigenvalue weighted by atomic mass is 9.97. The second kappa shape index (κ2) is 6.49. The molecule has 0 aliphatic heterocycles. The Balaban J connectivity index is 2.16. The van der Waals surface area contributed by atoms with Gasteiger partial charge in [0.2, 0.25) is 0 Å². The molecule has 0 bridgehead atoms. The topological polar surface area (TPSA) is 34.8 Å². The maximum Gasteiger partial charge on any atom is 0.254 e. The molecule has 1 heterocycles. The fourth-order valence-electron chi connectivity index (χ4n) is 4.12. The monoisotopic (exact) mass is 334 g/mol. The summed E-state index contributed by atoms with van der Waals surface area (Å²) in [5.41, 5.74) is 17.4. The van der Waals surface area contributed by atoms with E-state index in [4.69, 9.17) is 5.73 Å². The first-order valence-electron chi connectivity index (χ1n) is 8.81. The molecule has 0 radical (unpaired) electrons. The molecule has 0 aliphatic carbocycles. The molecule has 3 nitrogen and oxygen atoms in total. The van der Waals surface area contributed by atoms with Gasteiger partial charge in [0, 0.05) is 12.1 Å².